The summed E-state index contributed by atoms with van der Waals surface area (Å²) in [6, 6.07) is 0.334. The highest BCUT2D eigenvalue weighted by Gasteiger charge is 2.22. The molecule has 0 atom stereocenters. The van der Waals surface area contributed by atoms with Crippen molar-refractivity contribution in [2.24, 2.45) is 5.73 Å². The Labute approximate surface area is 117 Å². The molecule has 6 nitrogen and oxygen atoms in total. The summed E-state index contributed by atoms with van der Waals surface area (Å²) in [5.41, 5.74) is 5.43. The number of methoxy groups -OCH3 is 1. The summed E-state index contributed by atoms with van der Waals surface area (Å²) in [5.74, 6) is 0.728. The third-order valence-corrected chi connectivity index (χ3v) is 3.37. The van der Waals surface area contributed by atoms with Crippen molar-refractivity contribution >= 4 is 17.4 Å². The quantitative estimate of drug-likeness (QED) is 0.873. The summed E-state index contributed by atoms with van der Waals surface area (Å²) in [6.45, 7) is 2.89. The number of halogens is 1. The molecule has 0 aliphatic carbocycles. The normalized spacial score (nSPS) is 16.7. The summed E-state index contributed by atoms with van der Waals surface area (Å²) >= 11 is 6.14. The number of hydrogen-bond donors (Lipinski definition) is 1. The van der Waals surface area contributed by atoms with Gasteiger partial charge in [0.05, 0.1) is 26.0 Å². The number of anilines is 1. The Kier molecular flexibility index (Phi) is 5.18. The number of ether oxygens (including phenoxy) is 2. The minimum Gasteiger partial charge on any atom is -0.467 e. The van der Waals surface area contributed by atoms with Crippen LogP contribution in [0.3, 0.4) is 0 Å². The highest BCUT2D eigenvalue weighted by Crippen LogP contribution is 2.27. The monoisotopic (exact) mass is 286 g/mol. The smallest absolute Gasteiger partial charge is 0.318 e. The zero-order valence-electron chi connectivity index (χ0n) is 11.0. The number of aromatic nitrogens is 2. The second kappa shape index (κ2) is 6.88. The van der Waals surface area contributed by atoms with Gasteiger partial charge in [0.2, 0.25) is 0 Å². The van der Waals surface area contributed by atoms with E-state index in [4.69, 9.17) is 26.8 Å². The third-order valence-electron chi connectivity index (χ3n) is 3.10. The van der Waals surface area contributed by atoms with E-state index in [0.29, 0.717) is 24.2 Å². The second-order valence-corrected chi connectivity index (χ2v) is 4.78. The van der Waals surface area contributed by atoms with Gasteiger partial charge in [-0.15, -0.1) is 0 Å². The maximum atomic E-state index is 6.14. The lowest BCUT2D eigenvalue weighted by Gasteiger charge is -2.33. The van der Waals surface area contributed by atoms with Gasteiger partial charge < -0.3 is 20.1 Å². The molecule has 1 saturated heterocycles. The molecule has 1 aliphatic heterocycles. The van der Waals surface area contributed by atoms with Crippen molar-refractivity contribution < 1.29 is 9.47 Å². The molecular weight excluding hydrogens is 268 g/mol. The second-order valence-electron chi connectivity index (χ2n) is 4.37. The molecule has 1 aliphatic rings. The first-order chi connectivity index (χ1) is 9.24. The molecule has 2 rings (SSSR count). The van der Waals surface area contributed by atoms with Crippen LogP contribution in [0.5, 0.6) is 6.01 Å². The van der Waals surface area contributed by atoms with Crippen LogP contribution >= 0.6 is 11.6 Å². The van der Waals surface area contributed by atoms with Crippen LogP contribution in [-0.2, 0) is 4.74 Å². The van der Waals surface area contributed by atoms with Crippen molar-refractivity contribution in [2.45, 2.75) is 18.9 Å². The zero-order valence-corrected chi connectivity index (χ0v) is 11.8. The van der Waals surface area contributed by atoms with Crippen LogP contribution in [0, 0.1) is 0 Å². The molecule has 0 amide bonds. The standard InChI is InChI=1S/C12H19ClN4O2/c1-18-12-15-8-10(13)11(16-12)17-5-2-9(3-6-17)19-7-4-14/h8-9H,2-7,14H2,1H3. The molecule has 1 fully saturated rings. The van der Waals surface area contributed by atoms with Crippen molar-refractivity contribution in [2.75, 3.05) is 38.3 Å². The minimum absolute atomic E-state index is 0.280. The van der Waals surface area contributed by atoms with Gasteiger partial charge >= 0.3 is 6.01 Å². The SMILES string of the molecule is COc1ncc(Cl)c(N2CCC(OCCN)CC2)n1. The first kappa shape index (κ1) is 14.3. The summed E-state index contributed by atoms with van der Waals surface area (Å²) in [6.07, 6.45) is 3.74. The Morgan fingerprint density at radius 3 is 2.84 bits per heavy atom. The summed E-state index contributed by atoms with van der Waals surface area (Å²) in [5, 5.41) is 0.544. The lowest BCUT2D eigenvalue weighted by Crippen LogP contribution is -2.38. The van der Waals surface area contributed by atoms with E-state index in [1.807, 2.05) is 0 Å². The fourth-order valence-corrected chi connectivity index (χ4v) is 2.34. The maximum absolute atomic E-state index is 6.14. The molecule has 1 aromatic rings. The minimum atomic E-state index is 0.280. The van der Waals surface area contributed by atoms with E-state index in [-0.39, 0.29) is 6.10 Å². The van der Waals surface area contributed by atoms with E-state index < -0.39 is 0 Å². The molecule has 0 saturated carbocycles. The van der Waals surface area contributed by atoms with E-state index in [1.165, 1.54) is 0 Å². The van der Waals surface area contributed by atoms with Gasteiger partial charge in [0, 0.05) is 19.6 Å². The van der Waals surface area contributed by atoms with Crippen molar-refractivity contribution in [1.82, 2.24) is 9.97 Å². The van der Waals surface area contributed by atoms with Crippen LogP contribution in [0.2, 0.25) is 5.02 Å². The lowest BCUT2D eigenvalue weighted by atomic mass is 10.1. The largest absolute Gasteiger partial charge is 0.467 e. The fourth-order valence-electron chi connectivity index (χ4n) is 2.13. The number of nitrogens with zero attached hydrogens (tertiary/aromatic N) is 3. The fraction of sp³-hybridized carbons (Fsp3) is 0.667. The van der Waals surface area contributed by atoms with Crippen LogP contribution in [-0.4, -0.2) is 49.4 Å². The first-order valence-corrected chi connectivity index (χ1v) is 6.75. The third kappa shape index (κ3) is 3.68. The van der Waals surface area contributed by atoms with Gasteiger partial charge in [0.15, 0.2) is 5.82 Å². The molecule has 0 radical (unpaired) electrons. The summed E-state index contributed by atoms with van der Waals surface area (Å²) < 4.78 is 10.7. The van der Waals surface area contributed by atoms with Crippen LogP contribution in [0.4, 0.5) is 5.82 Å². The van der Waals surface area contributed by atoms with Gasteiger partial charge in [-0.3, -0.25) is 0 Å². The molecule has 2 N–H and O–H groups in total. The van der Waals surface area contributed by atoms with Gasteiger partial charge in [-0.1, -0.05) is 11.6 Å². The predicted molar refractivity (Wildman–Crippen MR) is 73.8 cm³/mol. The number of hydrogen-bond acceptors (Lipinski definition) is 6. The average molecular weight is 287 g/mol. The van der Waals surface area contributed by atoms with E-state index in [9.17, 15) is 0 Å². The Hall–Kier alpha value is -1.11. The number of nitrogens with two attached hydrogens (primary N) is 1. The highest BCUT2D eigenvalue weighted by molar-refractivity contribution is 6.32. The Morgan fingerprint density at radius 2 is 2.21 bits per heavy atom. The van der Waals surface area contributed by atoms with Gasteiger partial charge in [0.1, 0.15) is 5.02 Å². The van der Waals surface area contributed by atoms with Crippen molar-refractivity contribution in [3.8, 4) is 6.01 Å². The van der Waals surface area contributed by atoms with E-state index in [2.05, 4.69) is 14.9 Å². The maximum Gasteiger partial charge on any atom is 0.318 e. The van der Waals surface area contributed by atoms with Crippen molar-refractivity contribution in [1.29, 1.82) is 0 Å². The van der Waals surface area contributed by atoms with Crippen molar-refractivity contribution in [3.05, 3.63) is 11.2 Å². The molecule has 106 valence electrons. The Balaban J connectivity index is 1.97. The van der Waals surface area contributed by atoms with E-state index in [0.717, 1.165) is 31.7 Å². The van der Waals surface area contributed by atoms with Gasteiger partial charge in [-0.2, -0.15) is 4.98 Å². The molecule has 0 unspecified atom stereocenters. The van der Waals surface area contributed by atoms with Gasteiger partial charge in [-0.05, 0) is 12.8 Å². The average Bonchev–Trinajstić information content (AvgIpc) is 2.46. The summed E-state index contributed by atoms with van der Waals surface area (Å²) in [7, 11) is 1.54. The number of piperidine rings is 1. The highest BCUT2D eigenvalue weighted by atomic mass is 35.5. The molecule has 19 heavy (non-hydrogen) atoms. The Morgan fingerprint density at radius 1 is 1.47 bits per heavy atom. The Bertz CT molecular complexity index is 411. The zero-order chi connectivity index (χ0) is 13.7. The van der Waals surface area contributed by atoms with Gasteiger partial charge in [0.25, 0.3) is 0 Å². The molecule has 7 heteroatoms. The molecule has 0 bridgehead atoms. The van der Waals surface area contributed by atoms with Crippen LogP contribution in [0.15, 0.2) is 6.20 Å². The van der Waals surface area contributed by atoms with E-state index >= 15 is 0 Å². The summed E-state index contributed by atoms with van der Waals surface area (Å²) in [4.78, 5) is 10.4. The molecule has 1 aromatic heterocycles. The van der Waals surface area contributed by atoms with Gasteiger partial charge in [-0.25, -0.2) is 4.98 Å². The topological polar surface area (TPSA) is 73.5 Å². The molecular formula is C12H19ClN4O2. The van der Waals surface area contributed by atoms with Crippen LogP contribution in [0.1, 0.15) is 12.8 Å². The predicted octanol–water partition coefficient (Wildman–Crippen LogP) is 1.08. The first-order valence-electron chi connectivity index (χ1n) is 6.37. The molecule has 0 aromatic carbocycles. The molecule has 0 spiro atoms. The number of rotatable bonds is 5. The lowest BCUT2D eigenvalue weighted by molar-refractivity contribution is 0.0421. The van der Waals surface area contributed by atoms with Crippen LogP contribution < -0.4 is 15.4 Å². The van der Waals surface area contributed by atoms with Crippen LogP contribution in [0.25, 0.3) is 0 Å². The van der Waals surface area contributed by atoms with Crippen molar-refractivity contribution in [3.63, 3.8) is 0 Å². The van der Waals surface area contributed by atoms with E-state index in [1.54, 1.807) is 13.3 Å². The molecule has 2 heterocycles.